The van der Waals surface area contributed by atoms with Crippen LogP contribution in [0.1, 0.15) is 31.8 Å². The lowest BCUT2D eigenvalue weighted by Gasteiger charge is -2.10. The van der Waals surface area contributed by atoms with Crippen LogP contribution in [0.3, 0.4) is 0 Å². The third-order valence-electron chi connectivity index (χ3n) is 2.84. The van der Waals surface area contributed by atoms with Crippen molar-refractivity contribution in [3.63, 3.8) is 0 Å². The van der Waals surface area contributed by atoms with E-state index in [2.05, 4.69) is 5.32 Å². The van der Waals surface area contributed by atoms with E-state index in [-0.39, 0.29) is 11.5 Å². The minimum atomic E-state index is -1.05. The topological polar surface area (TPSA) is 66.4 Å². The third-order valence-corrected chi connectivity index (χ3v) is 3.70. The van der Waals surface area contributed by atoms with Crippen molar-refractivity contribution in [3.05, 3.63) is 51.2 Å². The molecule has 0 atom stereocenters. The van der Waals surface area contributed by atoms with Crippen LogP contribution in [-0.2, 0) is 0 Å². The Morgan fingerprint density at radius 1 is 1.16 bits per heavy atom. The summed E-state index contributed by atoms with van der Waals surface area (Å²) < 4.78 is 0. The molecule has 2 aromatic rings. The molecule has 98 valence electrons. The number of anilines is 1. The number of aryl methyl sites for hydroxylation is 2. The molecule has 0 aliphatic heterocycles. The Morgan fingerprint density at radius 2 is 1.89 bits per heavy atom. The molecule has 1 heterocycles. The van der Waals surface area contributed by atoms with Crippen molar-refractivity contribution in [1.29, 1.82) is 0 Å². The molecule has 0 aliphatic carbocycles. The number of rotatable bonds is 3. The van der Waals surface area contributed by atoms with Gasteiger partial charge < -0.3 is 10.4 Å². The maximum atomic E-state index is 12.1. The second-order valence-corrected chi connectivity index (χ2v) is 4.97. The molecule has 0 radical (unpaired) electrons. The van der Waals surface area contributed by atoms with Gasteiger partial charge in [-0.25, -0.2) is 4.79 Å². The second-order valence-electron chi connectivity index (χ2n) is 4.23. The highest BCUT2D eigenvalue weighted by atomic mass is 32.1. The van der Waals surface area contributed by atoms with Gasteiger partial charge in [0, 0.05) is 5.38 Å². The normalized spacial score (nSPS) is 10.2. The lowest BCUT2D eigenvalue weighted by Crippen LogP contribution is -2.15. The summed E-state index contributed by atoms with van der Waals surface area (Å²) in [6.07, 6.45) is 0. The number of carbonyl (C=O) groups is 2. The molecule has 1 aromatic heterocycles. The van der Waals surface area contributed by atoms with Gasteiger partial charge in [-0.1, -0.05) is 12.1 Å². The number of hydrogen-bond donors (Lipinski definition) is 2. The van der Waals surface area contributed by atoms with Crippen molar-refractivity contribution in [2.24, 2.45) is 0 Å². The zero-order chi connectivity index (χ0) is 14.0. The lowest BCUT2D eigenvalue weighted by atomic mass is 10.1. The molecule has 2 N–H and O–H groups in total. The Labute approximate surface area is 114 Å². The fourth-order valence-electron chi connectivity index (χ4n) is 1.84. The van der Waals surface area contributed by atoms with Gasteiger partial charge in [-0.3, -0.25) is 4.79 Å². The average molecular weight is 275 g/mol. The number of nitrogens with one attached hydrogen (secondary N) is 1. The predicted molar refractivity (Wildman–Crippen MR) is 75.1 cm³/mol. The largest absolute Gasteiger partial charge is 0.478 e. The molecular formula is C14H13NO3S. The van der Waals surface area contributed by atoms with Crippen LogP contribution in [0, 0.1) is 13.8 Å². The van der Waals surface area contributed by atoms with Gasteiger partial charge in [0.1, 0.15) is 0 Å². The van der Waals surface area contributed by atoms with Crippen LogP contribution in [0.4, 0.5) is 5.69 Å². The maximum Gasteiger partial charge on any atom is 0.338 e. The zero-order valence-corrected chi connectivity index (χ0v) is 11.4. The molecule has 5 heteroatoms. The number of hydrogen-bond acceptors (Lipinski definition) is 3. The van der Waals surface area contributed by atoms with E-state index in [1.807, 2.05) is 12.3 Å². The van der Waals surface area contributed by atoms with E-state index in [0.717, 1.165) is 5.56 Å². The van der Waals surface area contributed by atoms with E-state index in [0.29, 0.717) is 16.8 Å². The van der Waals surface area contributed by atoms with Crippen LogP contribution in [0.15, 0.2) is 29.0 Å². The van der Waals surface area contributed by atoms with E-state index >= 15 is 0 Å². The van der Waals surface area contributed by atoms with E-state index < -0.39 is 5.97 Å². The van der Waals surface area contributed by atoms with Crippen LogP contribution >= 0.6 is 11.3 Å². The summed E-state index contributed by atoms with van der Waals surface area (Å²) in [7, 11) is 0. The van der Waals surface area contributed by atoms with Gasteiger partial charge >= 0.3 is 5.97 Å². The molecule has 1 amide bonds. The number of amides is 1. The Balaban J connectivity index is 2.35. The number of aromatic carboxylic acids is 1. The molecular weight excluding hydrogens is 262 g/mol. The van der Waals surface area contributed by atoms with Gasteiger partial charge in [0.15, 0.2) is 0 Å². The summed E-state index contributed by atoms with van der Waals surface area (Å²) in [5, 5.41) is 15.5. The number of carboxylic acids is 1. The zero-order valence-electron chi connectivity index (χ0n) is 10.6. The first kappa shape index (κ1) is 13.3. The third kappa shape index (κ3) is 2.66. The molecule has 0 bridgehead atoms. The molecule has 0 saturated carbocycles. The SMILES string of the molecule is Cc1cscc1C(=O)Nc1cccc(C)c1C(=O)O. The quantitative estimate of drug-likeness (QED) is 0.903. The Kier molecular flexibility index (Phi) is 3.66. The van der Waals surface area contributed by atoms with Gasteiger partial charge in [-0.2, -0.15) is 11.3 Å². The smallest absolute Gasteiger partial charge is 0.338 e. The molecule has 0 saturated heterocycles. The minimum absolute atomic E-state index is 0.128. The first-order chi connectivity index (χ1) is 9.00. The van der Waals surface area contributed by atoms with Crippen LogP contribution in [0.2, 0.25) is 0 Å². The van der Waals surface area contributed by atoms with Crippen LogP contribution in [-0.4, -0.2) is 17.0 Å². The summed E-state index contributed by atoms with van der Waals surface area (Å²) in [5.41, 5.74) is 2.52. The van der Waals surface area contributed by atoms with Crippen molar-refractivity contribution in [1.82, 2.24) is 0 Å². The number of carboxylic acid groups (broad SMARTS) is 1. The van der Waals surface area contributed by atoms with Gasteiger partial charge in [-0.15, -0.1) is 0 Å². The van der Waals surface area contributed by atoms with Crippen LogP contribution < -0.4 is 5.32 Å². The van der Waals surface area contributed by atoms with E-state index in [1.165, 1.54) is 11.3 Å². The minimum Gasteiger partial charge on any atom is -0.478 e. The number of carbonyl (C=O) groups excluding carboxylic acids is 1. The second kappa shape index (κ2) is 5.24. The fourth-order valence-corrected chi connectivity index (χ4v) is 2.67. The van der Waals surface area contributed by atoms with Gasteiger partial charge in [-0.05, 0) is 36.4 Å². The average Bonchev–Trinajstić information content (AvgIpc) is 2.75. The molecule has 2 rings (SSSR count). The Hall–Kier alpha value is -2.14. The number of benzene rings is 1. The fraction of sp³-hybridized carbons (Fsp3) is 0.143. The van der Waals surface area contributed by atoms with Crippen molar-refractivity contribution in [2.45, 2.75) is 13.8 Å². The van der Waals surface area contributed by atoms with E-state index in [9.17, 15) is 14.7 Å². The van der Waals surface area contributed by atoms with Gasteiger partial charge in [0.05, 0.1) is 16.8 Å². The summed E-state index contributed by atoms with van der Waals surface area (Å²) in [5.74, 6) is -1.33. The molecule has 0 unspecified atom stereocenters. The van der Waals surface area contributed by atoms with Crippen LogP contribution in [0.5, 0.6) is 0 Å². The van der Waals surface area contributed by atoms with Crippen molar-refractivity contribution >= 4 is 28.9 Å². The summed E-state index contributed by atoms with van der Waals surface area (Å²) >= 11 is 1.44. The Morgan fingerprint density at radius 3 is 2.47 bits per heavy atom. The first-order valence-electron chi connectivity index (χ1n) is 5.67. The van der Waals surface area contributed by atoms with Gasteiger partial charge in [0.2, 0.25) is 0 Å². The molecule has 4 nitrogen and oxygen atoms in total. The molecule has 19 heavy (non-hydrogen) atoms. The highest BCUT2D eigenvalue weighted by molar-refractivity contribution is 7.08. The monoisotopic (exact) mass is 275 g/mol. The summed E-state index contributed by atoms with van der Waals surface area (Å²) in [6, 6.07) is 5.02. The van der Waals surface area contributed by atoms with E-state index in [1.54, 1.807) is 30.5 Å². The standard InChI is InChI=1S/C14H13NO3S/c1-8-4-3-5-11(12(8)14(17)18)15-13(16)10-7-19-6-9(10)2/h3-7H,1-2H3,(H,15,16)(H,17,18). The molecule has 0 fully saturated rings. The van der Waals surface area contributed by atoms with Crippen LogP contribution in [0.25, 0.3) is 0 Å². The highest BCUT2D eigenvalue weighted by Crippen LogP contribution is 2.22. The predicted octanol–water partition coefficient (Wildman–Crippen LogP) is 3.32. The van der Waals surface area contributed by atoms with Crippen molar-refractivity contribution in [2.75, 3.05) is 5.32 Å². The lowest BCUT2D eigenvalue weighted by molar-refractivity contribution is 0.0697. The summed E-state index contributed by atoms with van der Waals surface area (Å²) in [6.45, 7) is 3.55. The van der Waals surface area contributed by atoms with Crippen molar-refractivity contribution in [3.8, 4) is 0 Å². The molecule has 0 aliphatic rings. The highest BCUT2D eigenvalue weighted by Gasteiger charge is 2.16. The first-order valence-corrected chi connectivity index (χ1v) is 6.62. The summed E-state index contributed by atoms with van der Waals surface area (Å²) in [4.78, 5) is 23.3. The number of thiophene rings is 1. The van der Waals surface area contributed by atoms with Crippen molar-refractivity contribution < 1.29 is 14.7 Å². The Bertz CT molecular complexity index is 646. The van der Waals surface area contributed by atoms with E-state index in [4.69, 9.17) is 0 Å². The molecule has 1 aromatic carbocycles. The van der Waals surface area contributed by atoms with Gasteiger partial charge in [0.25, 0.3) is 5.91 Å². The maximum absolute atomic E-state index is 12.1. The molecule has 0 spiro atoms.